The van der Waals surface area contributed by atoms with Gasteiger partial charge in [0, 0.05) is 17.5 Å². The van der Waals surface area contributed by atoms with Crippen molar-refractivity contribution in [1.82, 2.24) is 9.88 Å². The van der Waals surface area contributed by atoms with E-state index in [2.05, 4.69) is 31.5 Å². The maximum atomic E-state index is 13.0. The summed E-state index contributed by atoms with van der Waals surface area (Å²) >= 11 is 1.55. The summed E-state index contributed by atoms with van der Waals surface area (Å²) < 4.78 is 5.88. The fraction of sp³-hybridized carbons (Fsp3) is 0.250. The molecule has 0 spiro atoms. The van der Waals surface area contributed by atoms with E-state index in [1.807, 2.05) is 48.7 Å². The van der Waals surface area contributed by atoms with E-state index >= 15 is 0 Å². The van der Waals surface area contributed by atoms with Gasteiger partial charge < -0.3 is 9.64 Å². The number of aryl methyl sites for hydroxylation is 3. The number of benzene rings is 2. The second-order valence-corrected chi connectivity index (χ2v) is 8.00. The molecule has 2 aromatic carbocycles. The second-order valence-electron chi connectivity index (χ2n) is 7.06. The molecule has 1 amide bonds. The van der Waals surface area contributed by atoms with Gasteiger partial charge in [0.25, 0.3) is 5.91 Å². The molecule has 0 fully saturated rings. The van der Waals surface area contributed by atoms with E-state index < -0.39 is 0 Å². The zero-order valence-corrected chi connectivity index (χ0v) is 18.0. The molecule has 150 valence electrons. The van der Waals surface area contributed by atoms with E-state index in [0.717, 1.165) is 22.0 Å². The molecule has 0 aliphatic carbocycles. The van der Waals surface area contributed by atoms with Crippen LogP contribution in [0, 0.1) is 20.8 Å². The van der Waals surface area contributed by atoms with Crippen LogP contribution in [-0.4, -0.2) is 22.3 Å². The van der Waals surface area contributed by atoms with E-state index in [4.69, 9.17) is 4.74 Å². The van der Waals surface area contributed by atoms with Gasteiger partial charge in [-0.05, 0) is 55.7 Å². The molecule has 0 saturated heterocycles. The lowest BCUT2D eigenvalue weighted by Gasteiger charge is -2.21. The van der Waals surface area contributed by atoms with Gasteiger partial charge in [0.15, 0.2) is 0 Å². The van der Waals surface area contributed by atoms with E-state index in [0.29, 0.717) is 25.3 Å². The van der Waals surface area contributed by atoms with Crippen molar-refractivity contribution in [3.63, 3.8) is 0 Å². The SMILES string of the molecule is C=CCN(Cc1csc(COc2ccc(C)c(C)c2)n1)C(=O)c1ccccc1C. The molecule has 1 aromatic heterocycles. The molecule has 0 aliphatic heterocycles. The Bertz CT molecular complexity index is 1010. The topological polar surface area (TPSA) is 42.4 Å². The van der Waals surface area contributed by atoms with Crippen molar-refractivity contribution in [2.45, 2.75) is 33.9 Å². The summed E-state index contributed by atoms with van der Waals surface area (Å²) in [5.74, 6) is 0.830. The maximum absolute atomic E-state index is 13.0. The molecular weight excluding hydrogens is 380 g/mol. The van der Waals surface area contributed by atoms with Crippen LogP contribution >= 0.6 is 11.3 Å². The zero-order chi connectivity index (χ0) is 20.8. The first-order valence-corrected chi connectivity index (χ1v) is 10.4. The molecule has 0 radical (unpaired) electrons. The minimum absolute atomic E-state index is 0.0102. The molecule has 4 nitrogen and oxygen atoms in total. The summed E-state index contributed by atoms with van der Waals surface area (Å²) in [6.07, 6.45) is 1.74. The van der Waals surface area contributed by atoms with Crippen molar-refractivity contribution in [1.29, 1.82) is 0 Å². The molecule has 3 rings (SSSR count). The van der Waals surface area contributed by atoms with Crippen LogP contribution in [0.5, 0.6) is 5.75 Å². The Balaban J connectivity index is 1.66. The van der Waals surface area contributed by atoms with E-state index in [-0.39, 0.29) is 5.91 Å². The van der Waals surface area contributed by atoms with Gasteiger partial charge in [-0.25, -0.2) is 4.98 Å². The van der Waals surface area contributed by atoms with Crippen molar-refractivity contribution in [2.75, 3.05) is 6.54 Å². The smallest absolute Gasteiger partial charge is 0.254 e. The summed E-state index contributed by atoms with van der Waals surface area (Å²) in [6.45, 7) is 11.2. The Labute approximate surface area is 176 Å². The number of aromatic nitrogens is 1. The number of carbonyl (C=O) groups excluding carboxylic acids is 1. The highest BCUT2D eigenvalue weighted by atomic mass is 32.1. The van der Waals surface area contributed by atoms with Gasteiger partial charge in [-0.2, -0.15) is 0 Å². The van der Waals surface area contributed by atoms with Crippen molar-refractivity contribution in [2.24, 2.45) is 0 Å². The van der Waals surface area contributed by atoms with E-state index in [1.54, 1.807) is 22.3 Å². The largest absolute Gasteiger partial charge is 0.486 e. The Morgan fingerprint density at radius 2 is 1.93 bits per heavy atom. The van der Waals surface area contributed by atoms with Gasteiger partial charge in [0.1, 0.15) is 17.4 Å². The first-order valence-electron chi connectivity index (χ1n) is 9.57. The lowest BCUT2D eigenvalue weighted by Crippen LogP contribution is -2.31. The highest BCUT2D eigenvalue weighted by Crippen LogP contribution is 2.20. The predicted octanol–water partition coefficient (Wildman–Crippen LogP) is 5.48. The lowest BCUT2D eigenvalue weighted by molar-refractivity contribution is 0.0760. The summed E-state index contributed by atoms with van der Waals surface area (Å²) in [5, 5.41) is 2.88. The number of ether oxygens (including phenoxy) is 1. The molecular formula is C24H26N2O2S. The minimum atomic E-state index is -0.0102. The molecule has 0 bridgehead atoms. The second kappa shape index (κ2) is 9.52. The van der Waals surface area contributed by atoms with Gasteiger partial charge in [-0.1, -0.05) is 30.3 Å². The average molecular weight is 407 g/mol. The van der Waals surface area contributed by atoms with Crippen molar-refractivity contribution < 1.29 is 9.53 Å². The number of carbonyl (C=O) groups is 1. The minimum Gasteiger partial charge on any atom is -0.486 e. The third kappa shape index (κ3) is 5.33. The van der Waals surface area contributed by atoms with Crippen LogP contribution in [0.2, 0.25) is 0 Å². The number of amides is 1. The van der Waals surface area contributed by atoms with Gasteiger partial charge in [0.05, 0.1) is 12.2 Å². The molecule has 3 aromatic rings. The number of hydrogen-bond acceptors (Lipinski definition) is 4. The van der Waals surface area contributed by atoms with Gasteiger partial charge >= 0.3 is 0 Å². The van der Waals surface area contributed by atoms with Crippen LogP contribution in [0.4, 0.5) is 0 Å². The maximum Gasteiger partial charge on any atom is 0.254 e. The fourth-order valence-corrected chi connectivity index (χ4v) is 3.69. The zero-order valence-electron chi connectivity index (χ0n) is 17.1. The average Bonchev–Trinajstić information content (AvgIpc) is 3.16. The van der Waals surface area contributed by atoms with E-state index in [9.17, 15) is 4.79 Å². The molecule has 1 heterocycles. The summed E-state index contributed by atoms with van der Waals surface area (Å²) in [6, 6.07) is 13.7. The molecule has 0 atom stereocenters. The summed E-state index contributed by atoms with van der Waals surface area (Å²) in [5.41, 5.74) is 4.99. The molecule has 0 saturated carbocycles. The Morgan fingerprint density at radius 1 is 1.14 bits per heavy atom. The molecule has 0 unspecified atom stereocenters. The molecule has 5 heteroatoms. The normalized spacial score (nSPS) is 10.6. The first kappa shape index (κ1) is 20.8. The standard InChI is InChI=1S/C24H26N2O2S/c1-5-12-26(24(27)22-9-7-6-8-18(22)3)14-20-16-29-23(25-20)15-28-21-11-10-17(2)19(4)13-21/h5-11,13,16H,1,12,14-15H2,2-4H3. The Kier molecular flexibility index (Phi) is 6.83. The summed E-state index contributed by atoms with van der Waals surface area (Å²) in [4.78, 5) is 19.4. The van der Waals surface area contributed by atoms with Crippen molar-refractivity contribution >= 4 is 17.2 Å². The number of nitrogens with zero attached hydrogens (tertiary/aromatic N) is 2. The fourth-order valence-electron chi connectivity index (χ4n) is 2.99. The van der Waals surface area contributed by atoms with E-state index in [1.165, 1.54) is 11.1 Å². The number of rotatable bonds is 8. The van der Waals surface area contributed by atoms with Gasteiger partial charge in [0.2, 0.25) is 0 Å². The lowest BCUT2D eigenvalue weighted by atomic mass is 10.1. The highest BCUT2D eigenvalue weighted by molar-refractivity contribution is 7.09. The molecule has 0 N–H and O–H groups in total. The third-order valence-electron chi connectivity index (χ3n) is 4.81. The number of hydrogen-bond donors (Lipinski definition) is 0. The quantitative estimate of drug-likeness (QED) is 0.466. The van der Waals surface area contributed by atoms with Crippen molar-refractivity contribution in [3.05, 3.63) is 93.5 Å². The Morgan fingerprint density at radius 3 is 2.66 bits per heavy atom. The summed E-state index contributed by atoms with van der Waals surface area (Å²) in [7, 11) is 0. The van der Waals surface area contributed by atoms with Crippen LogP contribution in [-0.2, 0) is 13.2 Å². The van der Waals surface area contributed by atoms with Crippen LogP contribution in [0.15, 0.2) is 60.5 Å². The monoisotopic (exact) mass is 406 g/mol. The number of thiazole rings is 1. The highest BCUT2D eigenvalue weighted by Gasteiger charge is 2.18. The van der Waals surface area contributed by atoms with Crippen LogP contribution in [0.1, 0.15) is 37.7 Å². The van der Waals surface area contributed by atoms with Gasteiger partial charge in [-0.15, -0.1) is 17.9 Å². The predicted molar refractivity (Wildman–Crippen MR) is 118 cm³/mol. The van der Waals surface area contributed by atoms with Gasteiger partial charge in [-0.3, -0.25) is 4.79 Å². The van der Waals surface area contributed by atoms with Crippen LogP contribution < -0.4 is 4.74 Å². The third-order valence-corrected chi connectivity index (χ3v) is 5.68. The van der Waals surface area contributed by atoms with Crippen LogP contribution in [0.3, 0.4) is 0 Å². The van der Waals surface area contributed by atoms with Crippen LogP contribution in [0.25, 0.3) is 0 Å². The molecule has 0 aliphatic rings. The Hall–Kier alpha value is -2.92. The molecule has 29 heavy (non-hydrogen) atoms. The van der Waals surface area contributed by atoms with Crippen molar-refractivity contribution in [3.8, 4) is 5.75 Å². The first-order chi connectivity index (χ1) is 14.0.